The predicted molar refractivity (Wildman–Crippen MR) is 132 cm³/mol. The minimum absolute atomic E-state index is 0.261. The maximum absolute atomic E-state index is 12.3. The van der Waals surface area contributed by atoms with Crippen molar-refractivity contribution >= 4 is 33.9 Å². The zero-order valence-corrected chi connectivity index (χ0v) is 19.9. The van der Waals surface area contributed by atoms with Crippen LogP contribution in [-0.4, -0.2) is 18.5 Å². The van der Waals surface area contributed by atoms with E-state index in [4.69, 9.17) is 14.2 Å². The summed E-state index contributed by atoms with van der Waals surface area (Å²) in [5, 5.41) is 0. The van der Waals surface area contributed by atoms with Crippen molar-refractivity contribution in [2.24, 2.45) is 4.99 Å². The van der Waals surface area contributed by atoms with E-state index in [-0.39, 0.29) is 5.70 Å². The van der Waals surface area contributed by atoms with Crippen molar-refractivity contribution in [1.29, 1.82) is 0 Å². The number of rotatable bonds is 9. The Hall–Kier alpha value is -3.38. The van der Waals surface area contributed by atoms with Crippen LogP contribution in [0.5, 0.6) is 11.5 Å². The van der Waals surface area contributed by atoms with Gasteiger partial charge < -0.3 is 14.2 Å². The normalized spacial score (nSPS) is 14.2. The lowest BCUT2D eigenvalue weighted by molar-refractivity contribution is -0.129. The summed E-state index contributed by atoms with van der Waals surface area (Å²) < 4.78 is 17.9. The van der Waals surface area contributed by atoms with Gasteiger partial charge in [-0.3, -0.25) is 0 Å². The molecule has 0 unspecified atom stereocenters. The Balaban J connectivity index is 1.38. The number of hydrogen-bond acceptors (Lipinski definition) is 5. The molecule has 6 heteroatoms. The van der Waals surface area contributed by atoms with E-state index in [1.165, 1.54) is 0 Å². The lowest BCUT2D eigenvalue weighted by Gasteiger charge is -2.06. The number of esters is 1. The van der Waals surface area contributed by atoms with Crippen LogP contribution < -0.4 is 9.47 Å². The zero-order chi connectivity index (χ0) is 23.0. The number of halogens is 1. The number of ether oxygens (including phenoxy) is 3. The Morgan fingerprint density at radius 2 is 1.58 bits per heavy atom. The lowest BCUT2D eigenvalue weighted by Crippen LogP contribution is -2.05. The molecule has 3 aromatic carbocycles. The van der Waals surface area contributed by atoms with Crippen LogP contribution in [0.4, 0.5) is 0 Å². The highest BCUT2D eigenvalue weighted by molar-refractivity contribution is 9.10. The van der Waals surface area contributed by atoms with Gasteiger partial charge in [0.15, 0.2) is 5.70 Å². The van der Waals surface area contributed by atoms with Gasteiger partial charge in [0.05, 0.1) is 6.61 Å². The molecule has 168 valence electrons. The first-order valence-electron chi connectivity index (χ1n) is 10.8. The van der Waals surface area contributed by atoms with Gasteiger partial charge in [0.1, 0.15) is 18.1 Å². The van der Waals surface area contributed by atoms with Crippen molar-refractivity contribution in [2.45, 2.75) is 26.4 Å². The van der Waals surface area contributed by atoms with Gasteiger partial charge in [-0.05, 0) is 72.2 Å². The number of hydrogen-bond donors (Lipinski definition) is 0. The number of benzene rings is 3. The molecule has 0 N–H and O–H groups in total. The number of carbonyl (C=O) groups is 1. The second-order valence-electron chi connectivity index (χ2n) is 7.55. The monoisotopic (exact) mass is 505 g/mol. The highest BCUT2D eigenvalue weighted by atomic mass is 79.9. The van der Waals surface area contributed by atoms with Crippen LogP contribution >= 0.6 is 15.9 Å². The molecule has 0 spiro atoms. The SMILES string of the molecule is CCCCOc1ccc(C2=N/C(=C\c3ccc(OCc4ccc(Br)cc4)cc3)C(=O)O2)cc1. The van der Waals surface area contributed by atoms with Crippen LogP contribution in [0.15, 0.2) is 88.0 Å². The molecule has 0 amide bonds. The van der Waals surface area contributed by atoms with Crippen molar-refractivity contribution < 1.29 is 19.0 Å². The number of unbranched alkanes of at least 4 members (excludes halogenated alkanes) is 1. The minimum Gasteiger partial charge on any atom is -0.494 e. The Labute approximate surface area is 201 Å². The smallest absolute Gasteiger partial charge is 0.363 e. The van der Waals surface area contributed by atoms with Crippen molar-refractivity contribution in [3.05, 3.63) is 99.7 Å². The molecule has 0 fully saturated rings. The minimum atomic E-state index is -0.469. The first-order valence-corrected chi connectivity index (χ1v) is 11.6. The van der Waals surface area contributed by atoms with E-state index in [1.807, 2.05) is 72.8 Å². The van der Waals surface area contributed by atoms with E-state index in [0.717, 1.165) is 45.5 Å². The summed E-state index contributed by atoms with van der Waals surface area (Å²) in [7, 11) is 0. The maximum atomic E-state index is 12.3. The summed E-state index contributed by atoms with van der Waals surface area (Å²) in [4.78, 5) is 16.7. The van der Waals surface area contributed by atoms with Crippen LogP contribution in [-0.2, 0) is 16.1 Å². The summed E-state index contributed by atoms with van der Waals surface area (Å²) in [5.74, 6) is 1.36. The van der Waals surface area contributed by atoms with E-state index in [0.29, 0.717) is 19.1 Å². The summed E-state index contributed by atoms with van der Waals surface area (Å²) in [6.07, 6.45) is 3.80. The van der Waals surface area contributed by atoms with Crippen LogP contribution in [0.2, 0.25) is 0 Å². The van der Waals surface area contributed by atoms with Crippen molar-refractivity contribution in [3.63, 3.8) is 0 Å². The van der Waals surface area contributed by atoms with Crippen LogP contribution in [0, 0.1) is 0 Å². The van der Waals surface area contributed by atoms with E-state index in [2.05, 4.69) is 27.8 Å². The molecule has 0 aliphatic carbocycles. The highest BCUT2D eigenvalue weighted by Crippen LogP contribution is 2.22. The molecule has 0 bridgehead atoms. The Morgan fingerprint density at radius 1 is 0.909 bits per heavy atom. The van der Waals surface area contributed by atoms with Crippen molar-refractivity contribution in [1.82, 2.24) is 0 Å². The summed E-state index contributed by atoms with van der Waals surface area (Å²) in [5.41, 5.74) is 2.91. The van der Waals surface area contributed by atoms with Crippen molar-refractivity contribution in [2.75, 3.05) is 6.61 Å². The van der Waals surface area contributed by atoms with Gasteiger partial charge in [0.25, 0.3) is 0 Å². The maximum Gasteiger partial charge on any atom is 0.363 e. The van der Waals surface area contributed by atoms with E-state index < -0.39 is 5.97 Å². The highest BCUT2D eigenvalue weighted by Gasteiger charge is 2.24. The third-order valence-corrected chi connectivity index (χ3v) is 5.52. The van der Waals surface area contributed by atoms with Crippen LogP contribution in [0.1, 0.15) is 36.5 Å². The van der Waals surface area contributed by atoms with E-state index in [1.54, 1.807) is 6.08 Å². The fourth-order valence-electron chi connectivity index (χ4n) is 3.13. The molecule has 0 saturated heterocycles. The fraction of sp³-hybridized carbons (Fsp3) is 0.185. The first-order chi connectivity index (χ1) is 16.1. The van der Waals surface area contributed by atoms with Gasteiger partial charge in [0.2, 0.25) is 5.90 Å². The molecular weight excluding hydrogens is 482 g/mol. The number of carbonyl (C=O) groups excluding carboxylic acids is 1. The number of nitrogens with zero attached hydrogens (tertiary/aromatic N) is 1. The predicted octanol–water partition coefficient (Wildman–Crippen LogP) is 6.55. The number of aliphatic imine (C=N–C) groups is 1. The molecule has 33 heavy (non-hydrogen) atoms. The molecule has 1 aliphatic rings. The van der Waals surface area contributed by atoms with Gasteiger partial charge in [-0.15, -0.1) is 0 Å². The molecule has 1 aliphatic heterocycles. The standard InChI is InChI=1S/C27H24BrNO4/c1-2-3-16-31-23-14-8-21(9-15-23)26-29-25(27(30)33-26)17-19-6-12-24(13-7-19)32-18-20-4-10-22(28)11-5-20/h4-15,17H,2-3,16,18H2,1H3/b25-17-. The third kappa shape index (κ3) is 6.33. The number of cyclic esters (lactones) is 1. The molecular formula is C27H24BrNO4. The molecule has 0 aromatic heterocycles. The van der Waals surface area contributed by atoms with Gasteiger partial charge in [-0.2, -0.15) is 0 Å². The van der Waals surface area contributed by atoms with Gasteiger partial charge in [-0.25, -0.2) is 9.79 Å². The topological polar surface area (TPSA) is 57.1 Å². The molecule has 4 rings (SSSR count). The van der Waals surface area contributed by atoms with E-state index >= 15 is 0 Å². The second kappa shape index (κ2) is 11.0. The third-order valence-electron chi connectivity index (χ3n) is 4.99. The average molecular weight is 506 g/mol. The van der Waals surface area contributed by atoms with Gasteiger partial charge in [0, 0.05) is 10.0 Å². The quantitative estimate of drug-likeness (QED) is 0.188. The molecule has 0 radical (unpaired) electrons. The molecule has 0 atom stereocenters. The lowest BCUT2D eigenvalue weighted by atomic mass is 10.2. The second-order valence-corrected chi connectivity index (χ2v) is 8.46. The average Bonchev–Trinajstić information content (AvgIpc) is 3.20. The Morgan fingerprint density at radius 3 is 2.27 bits per heavy atom. The molecule has 1 heterocycles. The van der Waals surface area contributed by atoms with Crippen LogP contribution in [0.25, 0.3) is 6.08 Å². The zero-order valence-electron chi connectivity index (χ0n) is 18.3. The Bertz CT molecular complexity index is 1150. The molecule has 3 aromatic rings. The molecule has 0 saturated carbocycles. The first kappa shape index (κ1) is 22.8. The summed E-state index contributed by atoms with van der Waals surface area (Å²) in [6, 6.07) is 22.9. The molecule has 5 nitrogen and oxygen atoms in total. The van der Waals surface area contributed by atoms with Crippen LogP contribution in [0.3, 0.4) is 0 Å². The Kier molecular flexibility index (Phi) is 7.58. The van der Waals surface area contributed by atoms with E-state index in [9.17, 15) is 4.79 Å². The summed E-state index contributed by atoms with van der Waals surface area (Å²) in [6.45, 7) is 3.29. The van der Waals surface area contributed by atoms with Gasteiger partial charge >= 0.3 is 5.97 Å². The van der Waals surface area contributed by atoms with Gasteiger partial charge in [-0.1, -0.05) is 53.5 Å². The largest absolute Gasteiger partial charge is 0.494 e. The van der Waals surface area contributed by atoms with Crippen molar-refractivity contribution in [3.8, 4) is 11.5 Å². The fourth-order valence-corrected chi connectivity index (χ4v) is 3.39. The summed E-state index contributed by atoms with van der Waals surface area (Å²) >= 11 is 3.43.